The number of alkyl halides is 2. The fourth-order valence-corrected chi connectivity index (χ4v) is 0.916. The summed E-state index contributed by atoms with van der Waals surface area (Å²) < 4.78 is 18.8. The molecule has 0 aromatic carbocycles. The Morgan fingerprint density at radius 1 is 1.20 bits per heavy atom. The van der Waals surface area contributed by atoms with Crippen molar-refractivity contribution in [2.45, 2.75) is 18.4 Å². The van der Waals surface area contributed by atoms with Crippen LogP contribution in [0.25, 0.3) is 0 Å². The van der Waals surface area contributed by atoms with E-state index in [2.05, 4.69) is 25.4 Å². The van der Waals surface area contributed by atoms with Crippen molar-refractivity contribution in [3.63, 3.8) is 0 Å². The molecule has 0 amide bonds. The van der Waals surface area contributed by atoms with Gasteiger partial charge >= 0.3 is 16.5 Å². The van der Waals surface area contributed by atoms with Crippen LogP contribution >= 0.6 is 15.9 Å². The van der Waals surface area contributed by atoms with E-state index >= 15 is 0 Å². The van der Waals surface area contributed by atoms with E-state index in [0.29, 0.717) is 0 Å². The Bertz CT molecular complexity index is 276. The molecule has 7 heteroatoms. The Morgan fingerprint density at radius 3 is 2.07 bits per heavy atom. The summed E-state index contributed by atoms with van der Waals surface area (Å²) >= 11 is 2.19. The van der Waals surface area contributed by atoms with Gasteiger partial charge in [-0.25, -0.2) is 14.0 Å². The molecule has 0 spiro atoms. The molecule has 0 N–H and O–H groups in total. The molecule has 1 unspecified atom stereocenters. The molecular weight excluding hydrogens is 275 g/mol. The van der Waals surface area contributed by atoms with Crippen LogP contribution in [0.3, 0.4) is 0 Å². The molecule has 15 heavy (non-hydrogen) atoms. The Morgan fingerprint density at radius 2 is 1.67 bits per heavy atom. The summed E-state index contributed by atoms with van der Waals surface area (Å²) in [6.45, 7) is 2.70. The lowest BCUT2D eigenvalue weighted by Gasteiger charge is -2.13. The number of Topliss-reactive ketones (excluding diaryl/α,β-unsaturated/α-hetero) is 1. The van der Waals surface area contributed by atoms with Gasteiger partial charge in [-0.3, -0.25) is 4.79 Å². The zero-order valence-electron chi connectivity index (χ0n) is 8.21. The van der Waals surface area contributed by atoms with E-state index in [9.17, 15) is 18.8 Å². The summed E-state index contributed by atoms with van der Waals surface area (Å²) in [7, 11) is 0. The second kappa shape index (κ2) is 5.79. The SMILES string of the molecule is CCOC(=O)C(=O)C(F)(Br)C(=O)OCC. The van der Waals surface area contributed by atoms with Crippen LogP contribution in [0.15, 0.2) is 0 Å². The number of ketones is 1. The van der Waals surface area contributed by atoms with E-state index in [-0.39, 0.29) is 13.2 Å². The molecule has 0 saturated heterocycles. The minimum absolute atomic E-state index is 0.0868. The quantitative estimate of drug-likeness (QED) is 0.322. The van der Waals surface area contributed by atoms with E-state index in [1.54, 1.807) is 0 Å². The first-order chi connectivity index (χ1) is 6.87. The highest BCUT2D eigenvalue weighted by molar-refractivity contribution is 9.10. The van der Waals surface area contributed by atoms with Crippen LogP contribution < -0.4 is 0 Å². The van der Waals surface area contributed by atoms with Crippen LogP contribution in [0.1, 0.15) is 13.8 Å². The minimum Gasteiger partial charge on any atom is -0.463 e. The predicted octanol–water partition coefficient (Wildman–Crippen LogP) is 0.742. The monoisotopic (exact) mass is 284 g/mol. The first-order valence-corrected chi connectivity index (χ1v) is 4.93. The van der Waals surface area contributed by atoms with E-state index in [4.69, 9.17) is 0 Å². The van der Waals surface area contributed by atoms with Crippen molar-refractivity contribution in [1.29, 1.82) is 0 Å². The Balaban J connectivity index is 4.64. The van der Waals surface area contributed by atoms with Crippen LogP contribution in [-0.2, 0) is 23.9 Å². The van der Waals surface area contributed by atoms with E-state index in [0.717, 1.165) is 0 Å². The van der Waals surface area contributed by atoms with Gasteiger partial charge in [-0.15, -0.1) is 0 Å². The van der Waals surface area contributed by atoms with Gasteiger partial charge in [0, 0.05) is 0 Å². The van der Waals surface area contributed by atoms with Gasteiger partial charge in [0.05, 0.1) is 13.2 Å². The van der Waals surface area contributed by atoms with Gasteiger partial charge in [-0.1, -0.05) is 0 Å². The summed E-state index contributed by atoms with van der Waals surface area (Å²) in [6, 6.07) is 0. The molecule has 0 fully saturated rings. The lowest BCUT2D eigenvalue weighted by atomic mass is 10.2. The van der Waals surface area contributed by atoms with Gasteiger partial charge in [-0.05, 0) is 29.8 Å². The molecule has 0 aliphatic heterocycles. The van der Waals surface area contributed by atoms with Crippen molar-refractivity contribution in [3.05, 3.63) is 0 Å². The van der Waals surface area contributed by atoms with E-state index in [1.807, 2.05) is 0 Å². The average Bonchev–Trinajstić information content (AvgIpc) is 2.17. The van der Waals surface area contributed by atoms with Crippen molar-refractivity contribution in [2.24, 2.45) is 0 Å². The molecule has 0 aromatic rings. The van der Waals surface area contributed by atoms with Crippen LogP contribution in [0.4, 0.5) is 4.39 Å². The van der Waals surface area contributed by atoms with Crippen LogP contribution in [0, 0.1) is 0 Å². The van der Waals surface area contributed by atoms with Gasteiger partial charge in [0.25, 0.3) is 5.78 Å². The third kappa shape index (κ3) is 3.58. The van der Waals surface area contributed by atoms with Crippen LogP contribution in [0.2, 0.25) is 0 Å². The molecule has 0 radical (unpaired) electrons. The first kappa shape index (κ1) is 14.0. The minimum atomic E-state index is -3.17. The molecule has 0 rings (SSSR count). The van der Waals surface area contributed by atoms with Crippen LogP contribution in [0.5, 0.6) is 0 Å². The zero-order valence-corrected chi connectivity index (χ0v) is 9.80. The van der Waals surface area contributed by atoms with Crippen molar-refractivity contribution in [1.82, 2.24) is 0 Å². The lowest BCUT2D eigenvalue weighted by molar-refractivity contribution is -0.164. The molecule has 0 aliphatic carbocycles. The highest BCUT2D eigenvalue weighted by Gasteiger charge is 2.49. The highest BCUT2D eigenvalue weighted by Crippen LogP contribution is 2.23. The zero-order chi connectivity index (χ0) is 12.1. The molecule has 5 nitrogen and oxygen atoms in total. The fraction of sp³-hybridized carbons (Fsp3) is 0.625. The number of hydrogen-bond donors (Lipinski definition) is 0. The highest BCUT2D eigenvalue weighted by atomic mass is 79.9. The number of carbonyl (C=O) groups excluding carboxylic acids is 3. The Kier molecular flexibility index (Phi) is 5.41. The van der Waals surface area contributed by atoms with Crippen molar-refractivity contribution in [3.8, 4) is 0 Å². The van der Waals surface area contributed by atoms with Crippen LogP contribution in [-0.4, -0.2) is 35.5 Å². The number of rotatable bonds is 5. The summed E-state index contributed by atoms with van der Waals surface area (Å²) in [5.41, 5.74) is 0. The van der Waals surface area contributed by atoms with E-state index < -0.39 is 22.3 Å². The second-order valence-corrected chi connectivity index (χ2v) is 3.44. The molecule has 0 heterocycles. The Hall–Kier alpha value is -0.980. The van der Waals surface area contributed by atoms with Gasteiger partial charge in [0.2, 0.25) is 0 Å². The fourth-order valence-electron chi connectivity index (χ4n) is 0.639. The lowest BCUT2D eigenvalue weighted by Crippen LogP contribution is -2.42. The third-order valence-corrected chi connectivity index (χ3v) is 1.96. The molecule has 0 saturated carbocycles. The summed E-state index contributed by atoms with van der Waals surface area (Å²) in [4.78, 5) is 32.9. The van der Waals surface area contributed by atoms with Gasteiger partial charge in [0.15, 0.2) is 0 Å². The number of esters is 2. The molecule has 0 bridgehead atoms. The maximum absolute atomic E-state index is 13.4. The Labute approximate surface area is 94.0 Å². The maximum Gasteiger partial charge on any atom is 0.379 e. The topological polar surface area (TPSA) is 69.7 Å². The van der Waals surface area contributed by atoms with Gasteiger partial charge < -0.3 is 9.47 Å². The molecular formula is C8H10BrFO5. The number of ether oxygens (including phenoxy) is 2. The second-order valence-electron chi connectivity index (χ2n) is 2.34. The van der Waals surface area contributed by atoms with Crippen molar-refractivity contribution in [2.75, 3.05) is 13.2 Å². The van der Waals surface area contributed by atoms with Gasteiger partial charge in [0.1, 0.15) is 0 Å². The molecule has 0 aromatic heterocycles. The number of halogens is 2. The average molecular weight is 285 g/mol. The number of carbonyl (C=O) groups is 3. The summed E-state index contributed by atoms with van der Waals surface area (Å²) in [5.74, 6) is -4.53. The largest absolute Gasteiger partial charge is 0.463 e. The normalized spacial score (nSPS) is 13.9. The van der Waals surface area contributed by atoms with Crippen molar-refractivity contribution < 1.29 is 28.2 Å². The first-order valence-electron chi connectivity index (χ1n) is 4.14. The number of hydrogen-bond acceptors (Lipinski definition) is 5. The summed E-state index contributed by atoms with van der Waals surface area (Å²) in [6.07, 6.45) is 0. The van der Waals surface area contributed by atoms with E-state index in [1.165, 1.54) is 13.8 Å². The molecule has 0 aliphatic rings. The molecule has 1 atom stereocenters. The smallest absolute Gasteiger partial charge is 0.379 e. The standard InChI is InChI=1S/C8H10BrFO5/c1-3-14-6(12)5(11)8(9,10)7(13)15-4-2/h3-4H2,1-2H3. The summed E-state index contributed by atoms with van der Waals surface area (Å²) in [5, 5.41) is 0. The third-order valence-electron chi connectivity index (χ3n) is 1.28. The predicted molar refractivity (Wildman–Crippen MR) is 51.0 cm³/mol. The van der Waals surface area contributed by atoms with Gasteiger partial charge in [-0.2, -0.15) is 0 Å². The van der Waals surface area contributed by atoms with Crippen molar-refractivity contribution >= 4 is 33.7 Å². The molecule has 86 valence electrons. The maximum atomic E-state index is 13.4.